The van der Waals surface area contributed by atoms with Crippen LogP contribution in [0, 0.1) is 11.3 Å². The van der Waals surface area contributed by atoms with Crippen LogP contribution in [0.3, 0.4) is 0 Å². The molecule has 2 rings (SSSR count). The Bertz CT molecular complexity index is 412. The maximum absolute atomic E-state index is 6.19. The van der Waals surface area contributed by atoms with Crippen LogP contribution in [0.4, 0.5) is 0 Å². The summed E-state index contributed by atoms with van der Waals surface area (Å²) in [6.45, 7) is 4.45. The van der Waals surface area contributed by atoms with Crippen LogP contribution in [0.2, 0.25) is 0 Å². The number of alkyl halides is 1. The highest BCUT2D eigenvalue weighted by Crippen LogP contribution is 2.48. The van der Waals surface area contributed by atoms with E-state index in [4.69, 9.17) is 11.6 Å². The lowest BCUT2D eigenvalue weighted by atomic mass is 9.82. The van der Waals surface area contributed by atoms with Gasteiger partial charge in [0.15, 0.2) is 0 Å². The lowest BCUT2D eigenvalue weighted by molar-refractivity contribution is 0.305. The van der Waals surface area contributed by atoms with Gasteiger partial charge in [0.1, 0.15) is 0 Å². The first-order valence-corrected chi connectivity index (χ1v) is 7.60. The van der Waals surface area contributed by atoms with Gasteiger partial charge in [-0.15, -0.1) is 11.6 Å². The van der Waals surface area contributed by atoms with Crippen molar-refractivity contribution in [3.63, 3.8) is 0 Å². The molecule has 2 nitrogen and oxygen atoms in total. The number of nitrogens with zero attached hydrogens (tertiary/aromatic N) is 2. The zero-order valence-corrected chi connectivity index (χ0v) is 13.1. The predicted molar refractivity (Wildman–Crippen MR) is 75.5 cm³/mol. The molecule has 0 N–H and O–H groups in total. The normalized spacial score (nSPS) is 19.4. The smallest absolute Gasteiger partial charge is 0.0766 e. The van der Waals surface area contributed by atoms with Gasteiger partial charge in [0.25, 0.3) is 0 Å². The van der Waals surface area contributed by atoms with Crippen molar-refractivity contribution in [3.8, 4) is 0 Å². The number of hydrogen-bond acceptors (Lipinski definition) is 1. The molecule has 1 aromatic heterocycles. The summed E-state index contributed by atoms with van der Waals surface area (Å²) in [6.07, 6.45) is 4.65. The highest BCUT2D eigenvalue weighted by atomic mass is 79.9. The topological polar surface area (TPSA) is 17.8 Å². The van der Waals surface area contributed by atoms with Crippen LogP contribution in [0.5, 0.6) is 0 Å². The fourth-order valence-corrected chi connectivity index (χ4v) is 3.54. The maximum atomic E-state index is 6.19. The minimum Gasteiger partial charge on any atom is -0.271 e. The molecule has 1 aliphatic carbocycles. The molecule has 1 fully saturated rings. The molecule has 0 radical (unpaired) electrons. The molecule has 1 heterocycles. The molecule has 4 heteroatoms. The summed E-state index contributed by atoms with van der Waals surface area (Å²) >= 11 is 9.88. The largest absolute Gasteiger partial charge is 0.271 e. The Balaban J connectivity index is 2.25. The average molecular weight is 320 g/mol. The summed E-state index contributed by atoms with van der Waals surface area (Å²) in [6, 6.07) is 0. The third-order valence-electron chi connectivity index (χ3n) is 3.94. The van der Waals surface area contributed by atoms with Gasteiger partial charge in [0.05, 0.1) is 15.9 Å². The van der Waals surface area contributed by atoms with Crippen molar-refractivity contribution in [2.75, 3.05) is 5.88 Å². The number of halogens is 2. The van der Waals surface area contributed by atoms with Crippen LogP contribution in [0.25, 0.3) is 0 Å². The van der Waals surface area contributed by atoms with E-state index in [9.17, 15) is 0 Å². The van der Waals surface area contributed by atoms with Crippen molar-refractivity contribution in [2.45, 2.75) is 39.5 Å². The Hall–Kier alpha value is -0.0200. The van der Waals surface area contributed by atoms with E-state index in [1.165, 1.54) is 23.0 Å². The number of rotatable bonds is 5. The zero-order chi connectivity index (χ0) is 12.6. The number of aryl methyl sites for hydroxylation is 2. The summed E-state index contributed by atoms with van der Waals surface area (Å²) < 4.78 is 3.19. The molecule has 96 valence electrons. The van der Waals surface area contributed by atoms with Crippen molar-refractivity contribution in [1.82, 2.24) is 9.78 Å². The average Bonchev–Trinajstić information content (AvgIpc) is 3.12. The quantitative estimate of drug-likeness (QED) is 0.752. The SMILES string of the molecule is CCc1nn(C)c(CC(C)(CCl)C2CC2)c1Br. The second-order valence-electron chi connectivity index (χ2n) is 5.42. The Kier molecular flexibility index (Phi) is 3.89. The predicted octanol–water partition coefficient (Wildman–Crippen LogP) is 3.94. The lowest BCUT2D eigenvalue weighted by Gasteiger charge is -2.27. The zero-order valence-electron chi connectivity index (χ0n) is 10.8. The molecule has 1 saturated carbocycles. The van der Waals surface area contributed by atoms with Crippen molar-refractivity contribution >= 4 is 27.5 Å². The Morgan fingerprint density at radius 1 is 1.53 bits per heavy atom. The highest BCUT2D eigenvalue weighted by molar-refractivity contribution is 9.10. The van der Waals surface area contributed by atoms with Crippen LogP contribution in [0.1, 0.15) is 38.1 Å². The van der Waals surface area contributed by atoms with Gasteiger partial charge >= 0.3 is 0 Å². The fraction of sp³-hybridized carbons (Fsp3) is 0.769. The van der Waals surface area contributed by atoms with Gasteiger partial charge in [-0.2, -0.15) is 5.10 Å². The molecular formula is C13H20BrClN2. The number of aromatic nitrogens is 2. The molecule has 0 aliphatic heterocycles. The first-order valence-electron chi connectivity index (χ1n) is 6.28. The summed E-state index contributed by atoms with van der Waals surface area (Å²) in [7, 11) is 2.03. The Morgan fingerprint density at radius 3 is 2.59 bits per heavy atom. The molecule has 17 heavy (non-hydrogen) atoms. The maximum Gasteiger partial charge on any atom is 0.0766 e. The van der Waals surface area contributed by atoms with Gasteiger partial charge in [-0.05, 0) is 52.9 Å². The van der Waals surface area contributed by atoms with Crippen LogP contribution >= 0.6 is 27.5 Å². The van der Waals surface area contributed by atoms with Gasteiger partial charge in [-0.25, -0.2) is 0 Å². The van der Waals surface area contributed by atoms with Crippen LogP contribution in [-0.4, -0.2) is 15.7 Å². The molecule has 0 bridgehead atoms. The second-order valence-corrected chi connectivity index (χ2v) is 6.48. The summed E-state index contributed by atoms with van der Waals surface area (Å²) in [5.74, 6) is 1.53. The Morgan fingerprint density at radius 2 is 2.18 bits per heavy atom. The van der Waals surface area contributed by atoms with Crippen LogP contribution in [0.15, 0.2) is 4.47 Å². The molecule has 1 atom stereocenters. The molecular weight excluding hydrogens is 300 g/mol. The van der Waals surface area contributed by atoms with E-state index in [2.05, 4.69) is 34.9 Å². The minimum absolute atomic E-state index is 0.225. The minimum atomic E-state index is 0.225. The molecule has 1 aromatic rings. The third-order valence-corrected chi connectivity index (χ3v) is 5.47. The van der Waals surface area contributed by atoms with Crippen molar-refractivity contribution in [2.24, 2.45) is 18.4 Å². The summed E-state index contributed by atoms with van der Waals surface area (Å²) in [5.41, 5.74) is 2.66. The molecule has 0 aromatic carbocycles. The molecule has 1 aliphatic rings. The van der Waals surface area contributed by atoms with Gasteiger partial charge in [-0.3, -0.25) is 4.68 Å². The third kappa shape index (κ3) is 2.55. The van der Waals surface area contributed by atoms with E-state index < -0.39 is 0 Å². The summed E-state index contributed by atoms with van der Waals surface area (Å²) in [4.78, 5) is 0. The Labute approximate surface area is 117 Å². The van der Waals surface area contributed by atoms with Crippen molar-refractivity contribution < 1.29 is 0 Å². The molecule has 0 spiro atoms. The van der Waals surface area contributed by atoms with E-state index >= 15 is 0 Å². The van der Waals surface area contributed by atoms with Crippen LogP contribution in [-0.2, 0) is 19.9 Å². The lowest BCUT2D eigenvalue weighted by Crippen LogP contribution is -2.25. The van der Waals surface area contributed by atoms with E-state index in [0.29, 0.717) is 0 Å². The fourth-order valence-electron chi connectivity index (χ4n) is 2.48. The van der Waals surface area contributed by atoms with Gasteiger partial charge in [-0.1, -0.05) is 13.8 Å². The summed E-state index contributed by atoms with van der Waals surface area (Å²) in [5, 5.41) is 4.55. The second kappa shape index (κ2) is 4.93. The number of hydrogen-bond donors (Lipinski definition) is 0. The van der Waals surface area contributed by atoms with Gasteiger partial charge < -0.3 is 0 Å². The first kappa shape index (κ1) is 13.4. The van der Waals surface area contributed by atoms with E-state index in [1.807, 2.05) is 11.7 Å². The van der Waals surface area contributed by atoms with Gasteiger partial charge in [0.2, 0.25) is 0 Å². The monoisotopic (exact) mass is 318 g/mol. The van der Waals surface area contributed by atoms with E-state index in [1.54, 1.807) is 0 Å². The standard InChI is InChI=1S/C13H20BrClN2/c1-4-10-12(14)11(17(3)16-10)7-13(2,8-15)9-5-6-9/h9H,4-8H2,1-3H3. The van der Waals surface area contributed by atoms with E-state index in [0.717, 1.165) is 30.3 Å². The molecule has 1 unspecified atom stereocenters. The molecule has 0 amide bonds. The van der Waals surface area contributed by atoms with E-state index in [-0.39, 0.29) is 5.41 Å². The highest BCUT2D eigenvalue weighted by Gasteiger charge is 2.41. The van der Waals surface area contributed by atoms with Crippen LogP contribution < -0.4 is 0 Å². The van der Waals surface area contributed by atoms with Crippen molar-refractivity contribution in [3.05, 3.63) is 15.9 Å². The van der Waals surface area contributed by atoms with Gasteiger partial charge in [0, 0.05) is 12.9 Å². The first-order chi connectivity index (χ1) is 8.01. The molecule has 0 saturated heterocycles. The van der Waals surface area contributed by atoms with Crippen molar-refractivity contribution in [1.29, 1.82) is 0 Å².